The first-order chi connectivity index (χ1) is 12.4. The van der Waals surface area contributed by atoms with E-state index in [1.165, 1.54) is 0 Å². The van der Waals surface area contributed by atoms with E-state index >= 15 is 0 Å². The van der Waals surface area contributed by atoms with Crippen molar-refractivity contribution in [3.8, 4) is 0 Å². The topological polar surface area (TPSA) is 76.7 Å². The Bertz CT molecular complexity index is 459. The lowest BCUT2D eigenvalue weighted by atomic mass is 10.0. The molecule has 3 amide bonds. The maximum absolute atomic E-state index is 12.8. The first-order valence-corrected chi connectivity index (χ1v) is 10.2. The lowest BCUT2D eigenvalue weighted by Crippen LogP contribution is -2.58. The highest BCUT2D eigenvalue weighted by Gasteiger charge is 2.30. The van der Waals surface area contributed by atoms with Crippen LogP contribution in [0.3, 0.4) is 0 Å². The number of hydrogen-bond donors (Lipinski definition) is 3. The molecule has 0 spiro atoms. The zero-order chi connectivity index (χ0) is 19.1. The molecule has 150 valence electrons. The number of hydrogen-bond acceptors (Lipinski definition) is 4. The Balaban J connectivity index is 1.92. The largest absolute Gasteiger partial charge is 0.336 e. The van der Waals surface area contributed by atoms with Crippen LogP contribution in [0.5, 0.6) is 0 Å². The minimum absolute atomic E-state index is 0.0140. The van der Waals surface area contributed by atoms with E-state index in [0.717, 1.165) is 51.9 Å². The molecule has 3 N–H and O–H groups in total. The van der Waals surface area contributed by atoms with Gasteiger partial charge in [-0.25, -0.2) is 4.79 Å². The molecule has 2 aliphatic rings. The zero-order valence-corrected chi connectivity index (χ0v) is 16.9. The van der Waals surface area contributed by atoms with Crippen LogP contribution in [0.25, 0.3) is 0 Å². The molecule has 0 saturated carbocycles. The number of piperidine rings is 2. The summed E-state index contributed by atoms with van der Waals surface area (Å²) >= 11 is 0. The molecular formula is C19H37N5O2. The highest BCUT2D eigenvalue weighted by atomic mass is 16.2. The molecule has 7 nitrogen and oxygen atoms in total. The summed E-state index contributed by atoms with van der Waals surface area (Å²) in [6, 6.07) is 0.578. The molecule has 0 bridgehead atoms. The molecule has 0 aliphatic carbocycles. The summed E-state index contributed by atoms with van der Waals surface area (Å²) in [7, 11) is 0. The Labute approximate surface area is 158 Å². The lowest BCUT2D eigenvalue weighted by molar-refractivity contribution is -0.133. The van der Waals surface area contributed by atoms with Crippen LogP contribution in [-0.2, 0) is 4.79 Å². The lowest BCUT2D eigenvalue weighted by Gasteiger charge is -2.40. The van der Waals surface area contributed by atoms with Crippen molar-refractivity contribution in [2.24, 2.45) is 0 Å². The number of nitrogens with one attached hydrogen (secondary N) is 3. The van der Waals surface area contributed by atoms with Gasteiger partial charge in [0.05, 0.1) is 0 Å². The quantitative estimate of drug-likeness (QED) is 0.658. The van der Waals surface area contributed by atoms with Crippen molar-refractivity contribution in [1.29, 1.82) is 0 Å². The van der Waals surface area contributed by atoms with E-state index in [1.54, 1.807) is 6.92 Å². The molecule has 2 heterocycles. The summed E-state index contributed by atoms with van der Waals surface area (Å²) in [5.74, 6) is 0.0812. The summed E-state index contributed by atoms with van der Waals surface area (Å²) in [4.78, 5) is 28.9. The van der Waals surface area contributed by atoms with Crippen molar-refractivity contribution in [3.63, 3.8) is 0 Å². The summed E-state index contributed by atoms with van der Waals surface area (Å²) in [5, 5.41) is 9.83. The van der Waals surface area contributed by atoms with Gasteiger partial charge < -0.3 is 25.8 Å². The molecule has 7 heteroatoms. The first-order valence-electron chi connectivity index (χ1n) is 10.2. The van der Waals surface area contributed by atoms with Crippen LogP contribution in [0.1, 0.15) is 53.4 Å². The molecule has 2 fully saturated rings. The molecule has 3 unspecified atom stereocenters. The van der Waals surface area contributed by atoms with Crippen molar-refractivity contribution >= 4 is 11.9 Å². The minimum Gasteiger partial charge on any atom is -0.336 e. The van der Waals surface area contributed by atoms with Gasteiger partial charge in [0.2, 0.25) is 5.91 Å². The normalized spacial score (nSPS) is 24.8. The predicted octanol–water partition coefficient (Wildman–Crippen LogP) is 1.15. The Hall–Kier alpha value is -1.34. The molecule has 2 saturated heterocycles. The first kappa shape index (κ1) is 21.0. The van der Waals surface area contributed by atoms with Crippen LogP contribution in [0, 0.1) is 0 Å². The van der Waals surface area contributed by atoms with E-state index < -0.39 is 0 Å². The molecule has 0 aromatic heterocycles. The van der Waals surface area contributed by atoms with Crippen LogP contribution in [0.2, 0.25) is 0 Å². The van der Waals surface area contributed by atoms with Gasteiger partial charge >= 0.3 is 6.03 Å². The van der Waals surface area contributed by atoms with Crippen LogP contribution < -0.4 is 16.0 Å². The average Bonchev–Trinajstić information content (AvgIpc) is 2.61. The van der Waals surface area contributed by atoms with Gasteiger partial charge in [-0.05, 0) is 59.5 Å². The van der Waals surface area contributed by atoms with E-state index in [4.69, 9.17) is 0 Å². The fraction of sp³-hybridized carbons (Fsp3) is 0.895. The fourth-order valence-corrected chi connectivity index (χ4v) is 4.32. The van der Waals surface area contributed by atoms with E-state index in [0.29, 0.717) is 6.54 Å². The SMILES string of the molecule is CC(=O)N(C(C)CNC(=O)N(C(C)C)C1CCCNC1)C1CCCNC1. The molecule has 2 rings (SSSR count). The van der Waals surface area contributed by atoms with Gasteiger partial charge in [-0.2, -0.15) is 0 Å². The van der Waals surface area contributed by atoms with Crippen LogP contribution in [0.4, 0.5) is 4.79 Å². The highest BCUT2D eigenvalue weighted by molar-refractivity contribution is 5.76. The summed E-state index contributed by atoms with van der Waals surface area (Å²) in [6.07, 6.45) is 4.26. The van der Waals surface area contributed by atoms with E-state index in [9.17, 15) is 9.59 Å². The number of nitrogens with zero attached hydrogens (tertiary/aromatic N) is 2. The van der Waals surface area contributed by atoms with Crippen molar-refractivity contribution in [1.82, 2.24) is 25.8 Å². The maximum atomic E-state index is 12.8. The van der Waals surface area contributed by atoms with E-state index in [2.05, 4.69) is 29.8 Å². The van der Waals surface area contributed by atoms with Crippen molar-refractivity contribution in [3.05, 3.63) is 0 Å². The third-order valence-corrected chi connectivity index (χ3v) is 5.51. The summed E-state index contributed by atoms with van der Waals surface area (Å²) in [5.41, 5.74) is 0. The third kappa shape index (κ3) is 5.58. The predicted molar refractivity (Wildman–Crippen MR) is 104 cm³/mol. The molecule has 26 heavy (non-hydrogen) atoms. The Kier molecular flexibility index (Phi) is 8.15. The number of amides is 3. The smallest absolute Gasteiger partial charge is 0.317 e. The third-order valence-electron chi connectivity index (χ3n) is 5.51. The second-order valence-corrected chi connectivity index (χ2v) is 7.96. The van der Waals surface area contributed by atoms with Crippen molar-refractivity contribution in [2.45, 2.75) is 77.5 Å². The van der Waals surface area contributed by atoms with Gasteiger partial charge in [0, 0.05) is 50.7 Å². The average molecular weight is 368 g/mol. The van der Waals surface area contributed by atoms with Crippen molar-refractivity contribution < 1.29 is 9.59 Å². The molecular weight excluding hydrogens is 330 g/mol. The number of carbonyl (C=O) groups is 2. The molecule has 2 aliphatic heterocycles. The van der Waals surface area contributed by atoms with Gasteiger partial charge in [0.1, 0.15) is 0 Å². The highest BCUT2D eigenvalue weighted by Crippen LogP contribution is 2.16. The minimum atomic E-state index is -0.0224. The Morgan fingerprint density at radius 1 is 1.00 bits per heavy atom. The Morgan fingerprint density at radius 2 is 1.54 bits per heavy atom. The van der Waals surface area contributed by atoms with Gasteiger partial charge in [-0.3, -0.25) is 4.79 Å². The van der Waals surface area contributed by atoms with Gasteiger partial charge in [-0.15, -0.1) is 0 Å². The molecule has 0 aromatic carbocycles. The second-order valence-electron chi connectivity index (χ2n) is 7.96. The molecule has 3 atom stereocenters. The number of urea groups is 1. The maximum Gasteiger partial charge on any atom is 0.317 e. The molecule has 0 radical (unpaired) electrons. The van der Waals surface area contributed by atoms with Gasteiger partial charge in [0.15, 0.2) is 0 Å². The van der Waals surface area contributed by atoms with E-state index in [-0.39, 0.29) is 36.1 Å². The standard InChI is InChI=1S/C19H37N5O2/c1-14(2)23(17-7-5-9-20-12-17)19(26)22-11-15(3)24(16(4)25)18-8-6-10-21-13-18/h14-15,17-18,20-21H,5-13H2,1-4H3,(H,22,26). The molecule has 0 aromatic rings. The van der Waals surface area contributed by atoms with Gasteiger partial charge in [-0.1, -0.05) is 0 Å². The van der Waals surface area contributed by atoms with Crippen LogP contribution in [-0.4, -0.2) is 78.6 Å². The summed E-state index contributed by atoms with van der Waals surface area (Å²) < 4.78 is 0. The van der Waals surface area contributed by atoms with Gasteiger partial charge in [0.25, 0.3) is 0 Å². The zero-order valence-electron chi connectivity index (χ0n) is 16.9. The second kappa shape index (κ2) is 10.1. The van der Waals surface area contributed by atoms with E-state index in [1.807, 2.05) is 16.7 Å². The van der Waals surface area contributed by atoms with Crippen LogP contribution >= 0.6 is 0 Å². The van der Waals surface area contributed by atoms with Crippen molar-refractivity contribution in [2.75, 3.05) is 32.7 Å². The summed E-state index contributed by atoms with van der Waals surface area (Å²) in [6.45, 7) is 12.0. The fourth-order valence-electron chi connectivity index (χ4n) is 4.32. The number of carbonyl (C=O) groups excluding carboxylic acids is 2. The Morgan fingerprint density at radius 3 is 1.96 bits per heavy atom. The number of rotatable bonds is 6. The van der Waals surface area contributed by atoms with Crippen LogP contribution in [0.15, 0.2) is 0 Å². The monoisotopic (exact) mass is 367 g/mol.